The smallest absolute Gasteiger partial charge is 0.412 e. The quantitative estimate of drug-likeness (QED) is 0.289. The highest BCUT2D eigenvalue weighted by Crippen LogP contribution is 2.45. The minimum Gasteiger partial charge on any atom is -0.445 e. The molecule has 0 aromatic rings. The number of rotatable bonds is 10. The van der Waals surface area contributed by atoms with Gasteiger partial charge < -0.3 is 24.5 Å². The molecule has 1 rings (SSSR count). The average molecular weight is 470 g/mol. The topological polar surface area (TPSA) is 106 Å². The molecule has 0 saturated carbocycles. The van der Waals surface area contributed by atoms with Crippen LogP contribution >= 0.6 is 0 Å². The number of nitrogens with zero attached hydrogens (tertiary/aromatic N) is 1. The van der Waals surface area contributed by atoms with Crippen molar-refractivity contribution in [3.05, 3.63) is 25.0 Å². The molecule has 0 spiro atoms. The van der Waals surface area contributed by atoms with Crippen molar-refractivity contribution in [1.82, 2.24) is 15.5 Å². The zero-order valence-electron chi connectivity index (χ0n) is 20.3. The molecule has 0 radical (unpaired) electrons. The average Bonchev–Trinajstić information content (AvgIpc) is 3.03. The monoisotopic (exact) mass is 469 g/mol. The highest BCUT2D eigenvalue weighted by molar-refractivity contribution is 6.48. The molecule has 1 aliphatic heterocycles. The molecule has 1 fully saturated rings. The van der Waals surface area contributed by atoms with Crippen molar-refractivity contribution >= 4 is 27.1 Å². The summed E-state index contributed by atoms with van der Waals surface area (Å²) in [7, 11) is -1.56. The van der Waals surface area contributed by atoms with Crippen molar-refractivity contribution < 1.29 is 28.3 Å². The molecule has 32 heavy (non-hydrogen) atoms. The second-order valence-electron chi connectivity index (χ2n) is 9.37. The van der Waals surface area contributed by atoms with Crippen LogP contribution in [0.2, 0.25) is 13.1 Å². The van der Waals surface area contributed by atoms with Gasteiger partial charge >= 0.3 is 12.2 Å². The molecule has 2 atom stereocenters. The minimum absolute atomic E-state index is 0.0333. The Balaban J connectivity index is 2.91. The van der Waals surface area contributed by atoms with Gasteiger partial charge in [-0.3, -0.25) is 9.69 Å². The summed E-state index contributed by atoms with van der Waals surface area (Å²) in [5.74, 6) is 0.0858. The molecule has 0 aromatic carbocycles. The van der Waals surface area contributed by atoms with E-state index in [1.54, 1.807) is 4.90 Å². The van der Waals surface area contributed by atoms with Gasteiger partial charge in [-0.2, -0.15) is 0 Å². The van der Waals surface area contributed by atoms with Crippen LogP contribution in [-0.4, -0.2) is 64.0 Å². The highest BCUT2D eigenvalue weighted by Gasteiger charge is 2.52. The Hall–Kier alpha value is -2.33. The lowest BCUT2D eigenvalue weighted by molar-refractivity contribution is -0.118. The lowest BCUT2D eigenvalue weighted by atomic mass is 9.78. The van der Waals surface area contributed by atoms with E-state index in [1.165, 1.54) is 13.0 Å². The Labute approximate surface area is 193 Å². The van der Waals surface area contributed by atoms with Crippen molar-refractivity contribution in [3.63, 3.8) is 0 Å². The van der Waals surface area contributed by atoms with Crippen LogP contribution < -0.4 is 10.6 Å². The number of carbonyl (C=O) groups is 3. The first-order valence-electron chi connectivity index (χ1n) is 10.9. The van der Waals surface area contributed by atoms with Crippen molar-refractivity contribution in [2.24, 2.45) is 11.3 Å². The van der Waals surface area contributed by atoms with Gasteiger partial charge in [0.05, 0.1) is 6.54 Å². The number of hydrogen-bond donors (Lipinski definition) is 2. The van der Waals surface area contributed by atoms with Crippen molar-refractivity contribution in [2.45, 2.75) is 59.4 Å². The third-order valence-corrected chi connectivity index (χ3v) is 6.15. The van der Waals surface area contributed by atoms with Gasteiger partial charge in [-0.15, -0.1) is 0 Å². The van der Waals surface area contributed by atoms with Crippen molar-refractivity contribution in [3.8, 4) is 0 Å². The van der Waals surface area contributed by atoms with Gasteiger partial charge in [-0.25, -0.2) is 9.59 Å². The molecule has 10 heteroatoms. The molecule has 0 aromatic heterocycles. The summed E-state index contributed by atoms with van der Waals surface area (Å²) in [4.78, 5) is 37.6. The maximum atomic E-state index is 12.9. The molecular formula is C22H39N3O6Si. The molecule has 3 amide bonds. The maximum Gasteiger partial charge on any atom is 0.412 e. The molecule has 1 saturated heterocycles. The molecule has 9 nitrogen and oxygen atoms in total. The number of nitrogens with one attached hydrogen (secondary N) is 2. The molecule has 0 unspecified atom stereocenters. The van der Waals surface area contributed by atoms with Crippen molar-refractivity contribution in [2.75, 3.05) is 26.2 Å². The van der Waals surface area contributed by atoms with Crippen LogP contribution in [0.15, 0.2) is 25.0 Å². The van der Waals surface area contributed by atoms with Crippen LogP contribution in [0.4, 0.5) is 9.59 Å². The van der Waals surface area contributed by atoms with Gasteiger partial charge in [-0.05, 0) is 30.8 Å². The van der Waals surface area contributed by atoms with Crippen LogP contribution in [0.1, 0.15) is 40.5 Å². The highest BCUT2D eigenvalue weighted by atomic mass is 28.3. The Bertz CT molecular complexity index is 706. The summed E-state index contributed by atoms with van der Waals surface area (Å²) in [5.41, 5.74) is -0.897. The van der Waals surface area contributed by atoms with Gasteiger partial charge in [0.25, 0.3) is 0 Å². The summed E-state index contributed by atoms with van der Waals surface area (Å²) in [5, 5.41) is 5.20. The predicted octanol–water partition coefficient (Wildman–Crippen LogP) is 3.14. The standard InChI is InChI=1S/C22H39N3O6Si/c1-9-12-29-20(28)25-15-18(21(4,5)6)13-22(25,31-32(7)8)10-11-23-19(27)30-16(2)14-24-17(3)26/h9,18,32H,1-2,10-15H2,3-8H3,(H,23,27)(H,24,26)/t18-,22+/m0/s1. The summed E-state index contributed by atoms with van der Waals surface area (Å²) in [6, 6.07) is 0. The van der Waals surface area contributed by atoms with E-state index in [2.05, 4.69) is 44.6 Å². The molecule has 1 aliphatic rings. The van der Waals surface area contributed by atoms with Crippen LogP contribution in [0.5, 0.6) is 0 Å². The second-order valence-corrected chi connectivity index (χ2v) is 11.7. The Morgan fingerprint density at radius 2 is 1.91 bits per heavy atom. The van der Waals surface area contributed by atoms with Crippen LogP contribution in [0.25, 0.3) is 0 Å². The van der Waals surface area contributed by atoms with Gasteiger partial charge in [0.1, 0.15) is 18.1 Å². The Morgan fingerprint density at radius 1 is 1.25 bits per heavy atom. The zero-order valence-corrected chi connectivity index (χ0v) is 21.4. The van der Waals surface area contributed by atoms with E-state index in [-0.39, 0.29) is 42.7 Å². The van der Waals surface area contributed by atoms with Gasteiger partial charge in [0.2, 0.25) is 5.91 Å². The lowest BCUT2D eigenvalue weighted by Gasteiger charge is -2.39. The molecule has 1 heterocycles. The van der Waals surface area contributed by atoms with Crippen LogP contribution in [-0.2, 0) is 18.7 Å². The fraction of sp³-hybridized carbons (Fsp3) is 0.682. The summed E-state index contributed by atoms with van der Waals surface area (Å²) in [6.07, 6.45) is 1.44. The SMILES string of the molecule is C=CCOC(=O)N1C[C@@H](C(C)(C)C)C[C@@]1(CCNC(=O)OC(=C)CNC(C)=O)O[SiH](C)C. The third-order valence-electron chi connectivity index (χ3n) is 5.24. The van der Waals surface area contributed by atoms with E-state index >= 15 is 0 Å². The van der Waals surface area contributed by atoms with Crippen molar-refractivity contribution in [1.29, 1.82) is 0 Å². The Kier molecular flexibility index (Phi) is 10.4. The van der Waals surface area contributed by atoms with E-state index in [9.17, 15) is 14.4 Å². The number of ether oxygens (including phenoxy) is 2. The maximum absolute atomic E-state index is 12.9. The van der Waals surface area contributed by atoms with E-state index in [0.717, 1.165) is 0 Å². The van der Waals surface area contributed by atoms with E-state index < -0.39 is 27.0 Å². The fourth-order valence-electron chi connectivity index (χ4n) is 3.61. The number of carbonyl (C=O) groups excluding carboxylic acids is 3. The first kappa shape index (κ1) is 27.7. The normalized spacial score (nSPS) is 20.6. The number of hydrogen-bond acceptors (Lipinski definition) is 6. The van der Waals surface area contributed by atoms with E-state index in [4.69, 9.17) is 13.9 Å². The third kappa shape index (κ3) is 8.66. The van der Waals surface area contributed by atoms with E-state index in [0.29, 0.717) is 19.4 Å². The van der Waals surface area contributed by atoms with Gasteiger partial charge in [0, 0.05) is 26.4 Å². The van der Waals surface area contributed by atoms with Crippen LogP contribution in [0, 0.1) is 11.3 Å². The van der Waals surface area contributed by atoms with Gasteiger partial charge in [0.15, 0.2) is 9.04 Å². The predicted molar refractivity (Wildman–Crippen MR) is 125 cm³/mol. The fourth-order valence-corrected chi connectivity index (χ4v) is 4.83. The second kappa shape index (κ2) is 12.1. The zero-order chi connectivity index (χ0) is 24.5. The largest absolute Gasteiger partial charge is 0.445 e. The molecule has 0 bridgehead atoms. The summed E-state index contributed by atoms with van der Waals surface area (Å²) >= 11 is 0. The molecular weight excluding hydrogens is 430 g/mol. The number of likely N-dealkylation sites (tertiary alicyclic amines) is 1. The van der Waals surface area contributed by atoms with E-state index in [1.807, 2.05) is 13.1 Å². The lowest BCUT2D eigenvalue weighted by Crippen LogP contribution is -2.53. The summed E-state index contributed by atoms with van der Waals surface area (Å²) < 4.78 is 16.9. The molecule has 182 valence electrons. The summed E-state index contributed by atoms with van der Waals surface area (Å²) in [6.45, 7) is 20.0. The minimum atomic E-state index is -1.56. The number of alkyl carbamates (subject to hydrolysis) is 1. The van der Waals surface area contributed by atoms with Gasteiger partial charge in [-0.1, -0.05) is 40.0 Å². The van der Waals surface area contributed by atoms with Crippen LogP contribution in [0.3, 0.4) is 0 Å². The first-order chi connectivity index (χ1) is 14.8. The number of amides is 3. The Morgan fingerprint density at radius 3 is 2.44 bits per heavy atom. The first-order valence-corrected chi connectivity index (χ1v) is 13.7. The molecule has 0 aliphatic carbocycles. The molecule has 2 N–H and O–H groups in total.